The standard InChI is InChI=1S/C13H10ClNOS2/c14-9-3-1-2-8(6-9)12-13-10(4-5-17-13)15-11(16)7-18-12/h1-6,12H,7H2,(H,15,16). The summed E-state index contributed by atoms with van der Waals surface area (Å²) in [6.45, 7) is 0. The lowest BCUT2D eigenvalue weighted by molar-refractivity contribution is -0.113. The number of thioether (sulfide) groups is 1. The Kier molecular flexibility index (Phi) is 3.33. The molecule has 1 atom stereocenters. The number of rotatable bonds is 1. The van der Waals surface area contributed by atoms with E-state index < -0.39 is 0 Å². The molecule has 1 aromatic carbocycles. The summed E-state index contributed by atoms with van der Waals surface area (Å²) in [5, 5.41) is 5.85. The first-order valence-electron chi connectivity index (χ1n) is 5.48. The van der Waals surface area contributed by atoms with Crippen molar-refractivity contribution in [1.29, 1.82) is 0 Å². The molecule has 18 heavy (non-hydrogen) atoms. The molecule has 1 aliphatic heterocycles. The van der Waals surface area contributed by atoms with Gasteiger partial charge in [0.1, 0.15) is 0 Å². The molecule has 0 saturated carbocycles. The molecule has 1 amide bonds. The van der Waals surface area contributed by atoms with Crippen molar-refractivity contribution in [2.75, 3.05) is 11.1 Å². The summed E-state index contributed by atoms with van der Waals surface area (Å²) in [5.74, 6) is 0.530. The van der Waals surface area contributed by atoms with Gasteiger partial charge >= 0.3 is 0 Å². The van der Waals surface area contributed by atoms with Gasteiger partial charge in [-0.1, -0.05) is 23.7 Å². The van der Waals surface area contributed by atoms with Crippen molar-refractivity contribution in [3.05, 3.63) is 51.2 Å². The normalized spacial score (nSPS) is 18.9. The molecule has 92 valence electrons. The fourth-order valence-corrected chi connectivity index (χ4v) is 4.40. The van der Waals surface area contributed by atoms with E-state index in [4.69, 9.17) is 11.6 Å². The Bertz CT molecular complexity index is 596. The molecule has 0 spiro atoms. The Balaban J connectivity index is 2.05. The molecule has 0 radical (unpaired) electrons. The number of thiophene rings is 1. The molecule has 2 nitrogen and oxygen atoms in total. The smallest absolute Gasteiger partial charge is 0.234 e. The number of carbonyl (C=O) groups excluding carboxylic acids is 1. The van der Waals surface area contributed by atoms with Gasteiger partial charge in [0.05, 0.1) is 16.7 Å². The van der Waals surface area contributed by atoms with Crippen molar-refractivity contribution in [2.24, 2.45) is 0 Å². The predicted molar refractivity (Wildman–Crippen MR) is 78.7 cm³/mol. The molecule has 5 heteroatoms. The fraction of sp³-hybridized carbons (Fsp3) is 0.154. The van der Waals surface area contributed by atoms with Gasteiger partial charge in [-0.15, -0.1) is 23.1 Å². The van der Waals surface area contributed by atoms with Crippen LogP contribution in [0.4, 0.5) is 5.69 Å². The van der Waals surface area contributed by atoms with Crippen LogP contribution in [0.2, 0.25) is 5.02 Å². The number of fused-ring (bicyclic) bond motifs is 1. The second kappa shape index (κ2) is 4.96. The van der Waals surface area contributed by atoms with Crippen molar-refractivity contribution in [1.82, 2.24) is 0 Å². The summed E-state index contributed by atoms with van der Waals surface area (Å²) in [6, 6.07) is 9.81. The van der Waals surface area contributed by atoms with E-state index in [1.807, 2.05) is 29.6 Å². The van der Waals surface area contributed by atoms with E-state index in [2.05, 4.69) is 11.4 Å². The molecular weight excluding hydrogens is 286 g/mol. The lowest BCUT2D eigenvalue weighted by Gasteiger charge is -2.14. The molecule has 1 aromatic heterocycles. The Morgan fingerprint density at radius 2 is 2.22 bits per heavy atom. The summed E-state index contributed by atoms with van der Waals surface area (Å²) in [6.07, 6.45) is 0. The number of hydrogen-bond donors (Lipinski definition) is 1. The van der Waals surface area contributed by atoms with Crippen LogP contribution in [0.15, 0.2) is 35.7 Å². The molecule has 1 aliphatic rings. The minimum absolute atomic E-state index is 0.0594. The topological polar surface area (TPSA) is 29.1 Å². The minimum atomic E-state index is 0.0594. The van der Waals surface area contributed by atoms with Gasteiger partial charge in [-0.2, -0.15) is 0 Å². The molecule has 3 rings (SSSR count). The summed E-state index contributed by atoms with van der Waals surface area (Å²) in [7, 11) is 0. The van der Waals surface area contributed by atoms with Gasteiger partial charge in [0.2, 0.25) is 5.91 Å². The molecule has 1 N–H and O–H groups in total. The van der Waals surface area contributed by atoms with Crippen molar-refractivity contribution in [2.45, 2.75) is 5.25 Å². The summed E-state index contributed by atoms with van der Waals surface area (Å²) in [5.41, 5.74) is 2.08. The van der Waals surface area contributed by atoms with Crippen LogP contribution >= 0.6 is 34.7 Å². The highest BCUT2D eigenvalue weighted by atomic mass is 35.5. The van der Waals surface area contributed by atoms with Crippen LogP contribution in [-0.4, -0.2) is 11.7 Å². The van der Waals surface area contributed by atoms with Gasteiger partial charge in [-0.05, 0) is 29.1 Å². The van der Waals surface area contributed by atoms with Crippen LogP contribution in [0.3, 0.4) is 0 Å². The monoisotopic (exact) mass is 295 g/mol. The maximum Gasteiger partial charge on any atom is 0.234 e. The Labute approximate surface area is 118 Å². The van der Waals surface area contributed by atoms with Crippen LogP contribution in [0.5, 0.6) is 0 Å². The highest BCUT2D eigenvalue weighted by molar-refractivity contribution is 8.00. The maximum absolute atomic E-state index is 11.6. The number of anilines is 1. The Morgan fingerprint density at radius 1 is 1.33 bits per heavy atom. The second-order valence-electron chi connectivity index (χ2n) is 3.99. The molecule has 0 fully saturated rings. The summed E-state index contributed by atoms with van der Waals surface area (Å²) in [4.78, 5) is 12.8. The van der Waals surface area contributed by atoms with Gasteiger partial charge in [0.15, 0.2) is 0 Å². The number of carbonyl (C=O) groups is 1. The van der Waals surface area contributed by atoms with Crippen molar-refractivity contribution >= 4 is 46.3 Å². The lowest BCUT2D eigenvalue weighted by atomic mass is 10.1. The van der Waals surface area contributed by atoms with Gasteiger partial charge in [-0.3, -0.25) is 4.79 Å². The number of benzene rings is 1. The zero-order valence-electron chi connectivity index (χ0n) is 9.35. The third-order valence-corrected chi connectivity index (χ3v) is 5.38. The van der Waals surface area contributed by atoms with E-state index in [0.29, 0.717) is 5.75 Å². The minimum Gasteiger partial charge on any atom is -0.324 e. The average Bonchev–Trinajstić information content (AvgIpc) is 2.72. The van der Waals surface area contributed by atoms with Crippen LogP contribution in [0.25, 0.3) is 0 Å². The van der Waals surface area contributed by atoms with Gasteiger partial charge in [0.25, 0.3) is 0 Å². The second-order valence-corrected chi connectivity index (χ2v) is 6.47. The third-order valence-electron chi connectivity index (χ3n) is 2.74. The van der Waals surface area contributed by atoms with Crippen molar-refractivity contribution < 1.29 is 4.79 Å². The van der Waals surface area contributed by atoms with Gasteiger partial charge in [0, 0.05) is 9.90 Å². The van der Waals surface area contributed by atoms with Crippen molar-refractivity contribution in [3.63, 3.8) is 0 Å². The van der Waals surface area contributed by atoms with E-state index in [1.165, 1.54) is 4.88 Å². The van der Waals surface area contributed by atoms with E-state index in [0.717, 1.165) is 16.3 Å². The number of hydrogen-bond acceptors (Lipinski definition) is 3. The SMILES string of the molecule is O=C1CSC(c2cccc(Cl)c2)c2sccc2N1. The van der Waals surface area contributed by atoms with E-state index >= 15 is 0 Å². The molecule has 0 aliphatic carbocycles. The molecular formula is C13H10ClNOS2. The zero-order chi connectivity index (χ0) is 12.5. The van der Waals surface area contributed by atoms with E-state index in [-0.39, 0.29) is 11.2 Å². The predicted octanol–water partition coefficient (Wildman–Crippen LogP) is 4.18. The Morgan fingerprint density at radius 3 is 3.06 bits per heavy atom. The molecule has 2 heterocycles. The van der Waals surface area contributed by atoms with E-state index in [1.54, 1.807) is 23.1 Å². The summed E-state index contributed by atoms with van der Waals surface area (Å²) >= 11 is 9.36. The molecule has 2 aromatic rings. The quantitative estimate of drug-likeness (QED) is 0.855. The first-order valence-corrected chi connectivity index (χ1v) is 7.79. The fourth-order valence-electron chi connectivity index (χ4n) is 1.97. The molecule has 0 saturated heterocycles. The first kappa shape index (κ1) is 12.1. The van der Waals surface area contributed by atoms with Gasteiger partial charge in [-0.25, -0.2) is 0 Å². The number of nitrogens with one attached hydrogen (secondary N) is 1. The average molecular weight is 296 g/mol. The van der Waals surface area contributed by atoms with Crippen LogP contribution in [0, 0.1) is 0 Å². The largest absolute Gasteiger partial charge is 0.324 e. The highest BCUT2D eigenvalue weighted by Gasteiger charge is 2.25. The summed E-state index contributed by atoms with van der Waals surface area (Å²) < 4.78 is 0. The van der Waals surface area contributed by atoms with Crippen LogP contribution in [-0.2, 0) is 4.79 Å². The number of amides is 1. The van der Waals surface area contributed by atoms with Crippen molar-refractivity contribution in [3.8, 4) is 0 Å². The maximum atomic E-state index is 11.6. The zero-order valence-corrected chi connectivity index (χ0v) is 11.7. The van der Waals surface area contributed by atoms with Crippen LogP contribution in [0.1, 0.15) is 15.7 Å². The molecule has 0 bridgehead atoms. The van der Waals surface area contributed by atoms with E-state index in [9.17, 15) is 4.79 Å². The number of halogens is 1. The third kappa shape index (κ3) is 2.28. The molecule has 1 unspecified atom stereocenters. The Hall–Kier alpha value is -0.970. The first-order chi connectivity index (χ1) is 8.74. The lowest BCUT2D eigenvalue weighted by Crippen LogP contribution is -2.11. The van der Waals surface area contributed by atoms with Crippen LogP contribution < -0.4 is 5.32 Å². The van der Waals surface area contributed by atoms with Gasteiger partial charge < -0.3 is 5.32 Å². The highest BCUT2D eigenvalue weighted by Crippen LogP contribution is 2.44.